The minimum Gasteiger partial charge on any atom is -0.396 e. The molecule has 0 fully saturated rings. The van der Waals surface area contributed by atoms with Gasteiger partial charge in [-0.1, -0.05) is 12.1 Å². The van der Waals surface area contributed by atoms with Crippen LogP contribution in [0.4, 0.5) is 10.1 Å². The van der Waals surface area contributed by atoms with Crippen molar-refractivity contribution in [1.29, 1.82) is 0 Å². The van der Waals surface area contributed by atoms with Gasteiger partial charge in [-0.25, -0.2) is 4.39 Å². The lowest BCUT2D eigenvalue weighted by atomic mass is 10.1. The van der Waals surface area contributed by atoms with Crippen LogP contribution in [-0.2, 0) is 17.8 Å². The molecule has 1 aromatic heterocycles. The molecule has 1 aromatic carbocycles. The lowest BCUT2D eigenvalue weighted by molar-refractivity contribution is -0.121. The molecule has 19 heavy (non-hydrogen) atoms. The molecule has 1 amide bonds. The summed E-state index contributed by atoms with van der Waals surface area (Å²) < 4.78 is 14.2. The predicted octanol–water partition coefficient (Wildman–Crippen LogP) is 0.963. The quantitative estimate of drug-likeness (QED) is 0.843. The van der Waals surface area contributed by atoms with E-state index in [4.69, 9.17) is 5.73 Å². The van der Waals surface area contributed by atoms with Gasteiger partial charge in [0.2, 0.25) is 5.91 Å². The lowest BCUT2D eigenvalue weighted by Gasteiger charge is -2.05. The minimum absolute atomic E-state index is 0.134. The average molecular weight is 262 g/mol. The number of aromatic nitrogens is 2. The summed E-state index contributed by atoms with van der Waals surface area (Å²) in [6.45, 7) is 0.641. The molecule has 0 saturated heterocycles. The van der Waals surface area contributed by atoms with Gasteiger partial charge in [0, 0.05) is 12.7 Å². The fourth-order valence-corrected chi connectivity index (χ4v) is 1.67. The number of nitrogens with two attached hydrogens (primary N) is 1. The number of rotatable bonds is 5. The van der Waals surface area contributed by atoms with Crippen LogP contribution in [0, 0.1) is 5.82 Å². The van der Waals surface area contributed by atoms with Crippen molar-refractivity contribution >= 4 is 11.6 Å². The van der Waals surface area contributed by atoms with Gasteiger partial charge in [0.1, 0.15) is 12.4 Å². The zero-order valence-corrected chi connectivity index (χ0v) is 10.3. The maximum atomic E-state index is 12.7. The van der Waals surface area contributed by atoms with Gasteiger partial charge in [0.05, 0.1) is 11.9 Å². The molecule has 6 heteroatoms. The van der Waals surface area contributed by atoms with E-state index < -0.39 is 0 Å². The van der Waals surface area contributed by atoms with Gasteiger partial charge in [0.15, 0.2) is 0 Å². The number of carbonyl (C=O) groups is 1. The summed E-state index contributed by atoms with van der Waals surface area (Å²) in [5, 5.41) is 6.69. The molecule has 0 bridgehead atoms. The predicted molar refractivity (Wildman–Crippen MR) is 69.8 cm³/mol. The smallest absolute Gasteiger partial charge is 0.241 e. The van der Waals surface area contributed by atoms with Gasteiger partial charge in [-0.3, -0.25) is 9.48 Å². The van der Waals surface area contributed by atoms with Gasteiger partial charge in [0.25, 0.3) is 0 Å². The largest absolute Gasteiger partial charge is 0.396 e. The first-order valence-electron chi connectivity index (χ1n) is 5.92. The van der Waals surface area contributed by atoms with Crippen molar-refractivity contribution in [2.24, 2.45) is 0 Å². The molecule has 0 spiro atoms. The molecule has 2 aromatic rings. The molecule has 3 N–H and O–H groups in total. The maximum Gasteiger partial charge on any atom is 0.241 e. The van der Waals surface area contributed by atoms with Crippen LogP contribution in [0.2, 0.25) is 0 Å². The number of anilines is 1. The first-order chi connectivity index (χ1) is 9.13. The van der Waals surface area contributed by atoms with Crippen LogP contribution in [-0.4, -0.2) is 22.2 Å². The molecule has 0 saturated carbocycles. The second-order valence-electron chi connectivity index (χ2n) is 4.20. The Morgan fingerprint density at radius 2 is 2.11 bits per heavy atom. The van der Waals surface area contributed by atoms with E-state index in [1.54, 1.807) is 18.3 Å². The second kappa shape index (κ2) is 5.99. The summed E-state index contributed by atoms with van der Waals surface area (Å²) in [6, 6.07) is 6.22. The van der Waals surface area contributed by atoms with E-state index in [9.17, 15) is 9.18 Å². The number of carbonyl (C=O) groups excluding carboxylic acids is 1. The molecule has 1 heterocycles. The number of amides is 1. The van der Waals surface area contributed by atoms with E-state index in [2.05, 4.69) is 10.4 Å². The SMILES string of the molecule is Nc1cnn(CC(=O)NCCc2ccc(F)cc2)c1. The van der Waals surface area contributed by atoms with Crippen LogP contribution in [0.3, 0.4) is 0 Å². The Hall–Kier alpha value is -2.37. The summed E-state index contributed by atoms with van der Waals surface area (Å²) >= 11 is 0. The first kappa shape index (κ1) is 13.1. The van der Waals surface area contributed by atoms with Crippen LogP contribution >= 0.6 is 0 Å². The molecule has 0 aliphatic rings. The fraction of sp³-hybridized carbons (Fsp3) is 0.231. The Balaban J connectivity index is 1.73. The van der Waals surface area contributed by atoms with Gasteiger partial charge in [-0.2, -0.15) is 5.10 Å². The van der Waals surface area contributed by atoms with Crippen molar-refractivity contribution in [2.45, 2.75) is 13.0 Å². The Morgan fingerprint density at radius 3 is 2.74 bits per heavy atom. The molecule has 0 aliphatic heterocycles. The molecule has 0 radical (unpaired) electrons. The van der Waals surface area contributed by atoms with E-state index in [1.165, 1.54) is 23.0 Å². The number of nitrogens with zero attached hydrogens (tertiary/aromatic N) is 2. The number of hydrogen-bond acceptors (Lipinski definition) is 3. The van der Waals surface area contributed by atoms with E-state index in [1.807, 2.05) is 0 Å². The number of nitrogen functional groups attached to an aromatic ring is 1. The molecular formula is C13H15FN4O. The number of benzene rings is 1. The summed E-state index contributed by atoms with van der Waals surface area (Å²) in [7, 11) is 0. The fourth-order valence-electron chi connectivity index (χ4n) is 1.67. The standard InChI is InChI=1S/C13H15FN4O/c14-11-3-1-10(2-4-11)5-6-16-13(19)9-18-8-12(15)7-17-18/h1-4,7-8H,5-6,9,15H2,(H,16,19). The molecule has 0 unspecified atom stereocenters. The van der Waals surface area contributed by atoms with Crippen LogP contribution in [0.25, 0.3) is 0 Å². The highest BCUT2D eigenvalue weighted by molar-refractivity contribution is 5.75. The highest BCUT2D eigenvalue weighted by Crippen LogP contribution is 2.02. The van der Waals surface area contributed by atoms with E-state index in [0.29, 0.717) is 18.7 Å². The van der Waals surface area contributed by atoms with Crippen molar-refractivity contribution < 1.29 is 9.18 Å². The highest BCUT2D eigenvalue weighted by atomic mass is 19.1. The number of nitrogens with one attached hydrogen (secondary N) is 1. The van der Waals surface area contributed by atoms with Gasteiger partial charge >= 0.3 is 0 Å². The molecular weight excluding hydrogens is 247 g/mol. The third-order valence-electron chi connectivity index (χ3n) is 2.61. The molecule has 5 nitrogen and oxygen atoms in total. The lowest BCUT2D eigenvalue weighted by Crippen LogP contribution is -2.29. The zero-order valence-electron chi connectivity index (χ0n) is 10.3. The Morgan fingerprint density at radius 1 is 1.37 bits per heavy atom. The maximum absolute atomic E-state index is 12.7. The molecule has 0 atom stereocenters. The van der Waals surface area contributed by atoms with Gasteiger partial charge in [-0.05, 0) is 24.1 Å². The Kier molecular flexibility index (Phi) is 4.12. The van der Waals surface area contributed by atoms with E-state index in [0.717, 1.165) is 5.56 Å². The molecule has 2 rings (SSSR count). The summed E-state index contributed by atoms with van der Waals surface area (Å²) in [5.41, 5.74) is 7.00. The van der Waals surface area contributed by atoms with Gasteiger partial charge in [-0.15, -0.1) is 0 Å². The summed E-state index contributed by atoms with van der Waals surface area (Å²) in [4.78, 5) is 11.6. The van der Waals surface area contributed by atoms with Crippen molar-refractivity contribution in [1.82, 2.24) is 15.1 Å². The first-order valence-corrected chi connectivity index (χ1v) is 5.92. The number of halogens is 1. The third kappa shape index (κ3) is 4.09. The van der Waals surface area contributed by atoms with Crippen molar-refractivity contribution in [2.75, 3.05) is 12.3 Å². The van der Waals surface area contributed by atoms with Crippen LogP contribution in [0.5, 0.6) is 0 Å². The zero-order chi connectivity index (χ0) is 13.7. The van der Waals surface area contributed by atoms with Crippen LogP contribution in [0.1, 0.15) is 5.56 Å². The normalized spacial score (nSPS) is 10.4. The minimum atomic E-state index is -0.260. The topological polar surface area (TPSA) is 72.9 Å². The van der Waals surface area contributed by atoms with Gasteiger partial charge < -0.3 is 11.1 Å². The molecule has 100 valence electrons. The van der Waals surface area contributed by atoms with Crippen LogP contribution in [0.15, 0.2) is 36.7 Å². The van der Waals surface area contributed by atoms with Crippen molar-refractivity contribution in [3.8, 4) is 0 Å². The molecule has 0 aliphatic carbocycles. The average Bonchev–Trinajstić information content (AvgIpc) is 2.77. The van der Waals surface area contributed by atoms with Crippen LogP contribution < -0.4 is 11.1 Å². The highest BCUT2D eigenvalue weighted by Gasteiger charge is 2.03. The summed E-state index contributed by atoms with van der Waals surface area (Å²) in [5.74, 6) is -0.394. The summed E-state index contributed by atoms with van der Waals surface area (Å²) in [6.07, 6.45) is 3.75. The third-order valence-corrected chi connectivity index (χ3v) is 2.61. The van der Waals surface area contributed by atoms with E-state index >= 15 is 0 Å². The Bertz CT molecular complexity index is 550. The number of hydrogen-bond donors (Lipinski definition) is 2. The Labute approximate surface area is 110 Å². The van der Waals surface area contributed by atoms with Crippen molar-refractivity contribution in [3.05, 3.63) is 48.0 Å². The van der Waals surface area contributed by atoms with E-state index in [-0.39, 0.29) is 18.3 Å². The monoisotopic (exact) mass is 262 g/mol. The second-order valence-corrected chi connectivity index (χ2v) is 4.20. The van der Waals surface area contributed by atoms with Crippen molar-refractivity contribution in [3.63, 3.8) is 0 Å².